The van der Waals surface area contributed by atoms with Gasteiger partial charge in [0.2, 0.25) is 5.91 Å². The number of nitrogens with one attached hydrogen (secondary N) is 1. The number of benzene rings is 2. The van der Waals surface area contributed by atoms with E-state index in [1.165, 1.54) is 0 Å². The van der Waals surface area contributed by atoms with Crippen LogP contribution in [0.2, 0.25) is 10.0 Å². The molecule has 3 rings (SSSR count). The van der Waals surface area contributed by atoms with Crippen molar-refractivity contribution in [2.45, 2.75) is 13.0 Å². The maximum absolute atomic E-state index is 12.4. The van der Waals surface area contributed by atoms with Gasteiger partial charge in [-0.15, -0.1) is 0 Å². The fourth-order valence-electron chi connectivity index (χ4n) is 2.71. The summed E-state index contributed by atoms with van der Waals surface area (Å²) < 4.78 is 11.0. The molecule has 0 spiro atoms. The third-order valence-corrected chi connectivity index (χ3v) is 4.88. The summed E-state index contributed by atoms with van der Waals surface area (Å²) in [7, 11) is 1.89. The van der Waals surface area contributed by atoms with Gasteiger partial charge in [0.1, 0.15) is 13.2 Å². The molecule has 0 saturated heterocycles. The quantitative estimate of drug-likeness (QED) is 0.816. The van der Waals surface area contributed by atoms with E-state index in [0.717, 1.165) is 5.56 Å². The summed E-state index contributed by atoms with van der Waals surface area (Å²) in [5, 5.41) is 3.94. The molecular weight excluding hydrogens is 375 g/mol. The van der Waals surface area contributed by atoms with Gasteiger partial charge in [0.15, 0.2) is 11.5 Å². The standard InChI is InChI=1S/C19H20Cl2N2O3/c1-12(13-3-5-14(20)6-4-13)23(2)11-19(24)22-16-10-18-17(9-15(16)21)25-7-8-26-18/h3-6,9-10,12H,7-8,11H2,1-2H3,(H,22,24). The number of carbonyl (C=O) groups excluding carboxylic acids is 1. The number of hydrogen-bond acceptors (Lipinski definition) is 4. The van der Waals surface area contributed by atoms with Crippen molar-refractivity contribution in [1.82, 2.24) is 4.90 Å². The van der Waals surface area contributed by atoms with Gasteiger partial charge in [0.05, 0.1) is 17.3 Å². The van der Waals surface area contributed by atoms with Crippen LogP contribution in [0, 0.1) is 0 Å². The Balaban J connectivity index is 1.64. The van der Waals surface area contributed by atoms with E-state index in [1.807, 2.05) is 43.1 Å². The van der Waals surface area contributed by atoms with Gasteiger partial charge in [0, 0.05) is 23.2 Å². The Morgan fingerprint density at radius 2 is 1.77 bits per heavy atom. The Labute approximate surface area is 162 Å². The molecule has 0 fully saturated rings. The summed E-state index contributed by atoms with van der Waals surface area (Å²) in [6.45, 7) is 3.22. The lowest BCUT2D eigenvalue weighted by atomic mass is 10.1. The minimum atomic E-state index is -0.160. The van der Waals surface area contributed by atoms with Crippen molar-refractivity contribution in [2.24, 2.45) is 0 Å². The second-order valence-corrected chi connectivity index (χ2v) is 7.01. The highest BCUT2D eigenvalue weighted by molar-refractivity contribution is 6.34. The molecule has 2 aromatic rings. The molecule has 0 aliphatic carbocycles. The summed E-state index contributed by atoms with van der Waals surface area (Å²) in [5.74, 6) is 1.01. The number of carbonyl (C=O) groups is 1. The largest absolute Gasteiger partial charge is 0.486 e. The molecule has 0 radical (unpaired) electrons. The van der Waals surface area contributed by atoms with Crippen molar-refractivity contribution in [3.8, 4) is 11.5 Å². The molecule has 1 unspecified atom stereocenters. The van der Waals surface area contributed by atoms with Crippen LogP contribution >= 0.6 is 23.2 Å². The Hall–Kier alpha value is -1.95. The van der Waals surface area contributed by atoms with Crippen LogP contribution in [0.15, 0.2) is 36.4 Å². The zero-order valence-corrected chi connectivity index (χ0v) is 16.1. The zero-order valence-electron chi connectivity index (χ0n) is 14.6. The summed E-state index contributed by atoms with van der Waals surface area (Å²) in [4.78, 5) is 14.4. The molecule has 0 saturated carbocycles. The highest BCUT2D eigenvalue weighted by atomic mass is 35.5. The van der Waals surface area contributed by atoms with Gasteiger partial charge in [0.25, 0.3) is 0 Å². The van der Waals surface area contributed by atoms with Crippen molar-refractivity contribution >= 4 is 34.8 Å². The molecule has 138 valence electrons. The van der Waals surface area contributed by atoms with Crippen LogP contribution < -0.4 is 14.8 Å². The van der Waals surface area contributed by atoms with Crippen LogP contribution in [0.5, 0.6) is 11.5 Å². The maximum Gasteiger partial charge on any atom is 0.238 e. The van der Waals surface area contributed by atoms with Crippen molar-refractivity contribution in [3.63, 3.8) is 0 Å². The highest BCUT2D eigenvalue weighted by Crippen LogP contribution is 2.38. The van der Waals surface area contributed by atoms with E-state index in [4.69, 9.17) is 32.7 Å². The summed E-state index contributed by atoms with van der Waals surface area (Å²) in [6.07, 6.45) is 0. The average molecular weight is 395 g/mol. The third-order valence-electron chi connectivity index (χ3n) is 4.31. The van der Waals surface area contributed by atoms with Gasteiger partial charge in [-0.3, -0.25) is 9.69 Å². The number of amides is 1. The zero-order chi connectivity index (χ0) is 18.7. The van der Waals surface area contributed by atoms with E-state index in [2.05, 4.69) is 5.32 Å². The molecule has 1 N–H and O–H groups in total. The first-order valence-electron chi connectivity index (χ1n) is 8.28. The minimum Gasteiger partial charge on any atom is -0.486 e. The summed E-state index contributed by atoms with van der Waals surface area (Å²) in [5.41, 5.74) is 1.59. The number of hydrogen-bond donors (Lipinski definition) is 1. The highest BCUT2D eigenvalue weighted by Gasteiger charge is 2.18. The average Bonchev–Trinajstić information content (AvgIpc) is 2.62. The monoisotopic (exact) mass is 394 g/mol. The van der Waals surface area contributed by atoms with Gasteiger partial charge in [-0.25, -0.2) is 0 Å². The first kappa shape index (κ1) is 18.8. The van der Waals surface area contributed by atoms with Crippen molar-refractivity contribution < 1.29 is 14.3 Å². The molecule has 5 nitrogen and oxygen atoms in total. The molecule has 1 aliphatic heterocycles. The van der Waals surface area contributed by atoms with Gasteiger partial charge in [-0.2, -0.15) is 0 Å². The number of ether oxygens (including phenoxy) is 2. The minimum absolute atomic E-state index is 0.0637. The van der Waals surface area contributed by atoms with E-state index in [9.17, 15) is 4.79 Å². The number of halogens is 2. The van der Waals surface area contributed by atoms with Gasteiger partial charge in [-0.05, 0) is 31.7 Å². The fourth-order valence-corrected chi connectivity index (χ4v) is 3.04. The SMILES string of the molecule is CC(c1ccc(Cl)cc1)N(C)CC(=O)Nc1cc2c(cc1Cl)OCCO2. The molecule has 7 heteroatoms. The van der Waals surface area contributed by atoms with Crippen LogP contribution in [-0.4, -0.2) is 37.6 Å². The Morgan fingerprint density at radius 3 is 2.42 bits per heavy atom. The van der Waals surface area contributed by atoms with Crippen LogP contribution in [0.25, 0.3) is 0 Å². The van der Waals surface area contributed by atoms with E-state index < -0.39 is 0 Å². The Kier molecular flexibility index (Phi) is 5.91. The van der Waals surface area contributed by atoms with Crippen LogP contribution in [0.3, 0.4) is 0 Å². The number of likely N-dealkylation sites (N-methyl/N-ethyl adjacent to an activating group) is 1. The molecule has 26 heavy (non-hydrogen) atoms. The van der Waals surface area contributed by atoms with Crippen LogP contribution in [0.4, 0.5) is 5.69 Å². The maximum atomic E-state index is 12.4. The lowest BCUT2D eigenvalue weighted by Crippen LogP contribution is -2.32. The molecule has 2 aromatic carbocycles. The van der Waals surface area contributed by atoms with E-state index in [-0.39, 0.29) is 18.5 Å². The van der Waals surface area contributed by atoms with Gasteiger partial charge in [-0.1, -0.05) is 35.3 Å². The van der Waals surface area contributed by atoms with Gasteiger partial charge < -0.3 is 14.8 Å². The lowest BCUT2D eigenvalue weighted by Gasteiger charge is -2.25. The number of nitrogens with zero attached hydrogens (tertiary/aromatic N) is 1. The number of fused-ring (bicyclic) bond motifs is 1. The molecule has 1 aliphatic rings. The molecule has 1 atom stereocenters. The second kappa shape index (κ2) is 8.16. The normalized spacial score (nSPS) is 14.2. The predicted octanol–water partition coefficient (Wildman–Crippen LogP) is 4.40. The van der Waals surface area contributed by atoms with E-state index in [0.29, 0.717) is 40.4 Å². The summed E-state index contributed by atoms with van der Waals surface area (Å²) in [6, 6.07) is 11.0. The predicted molar refractivity (Wildman–Crippen MR) is 104 cm³/mol. The molecule has 1 heterocycles. The molecule has 0 bridgehead atoms. The van der Waals surface area contributed by atoms with E-state index in [1.54, 1.807) is 12.1 Å². The van der Waals surface area contributed by atoms with Crippen LogP contribution in [-0.2, 0) is 4.79 Å². The Bertz CT molecular complexity index is 796. The van der Waals surface area contributed by atoms with Crippen molar-refractivity contribution in [2.75, 3.05) is 32.1 Å². The summed E-state index contributed by atoms with van der Waals surface area (Å²) >= 11 is 12.2. The molecule has 1 amide bonds. The van der Waals surface area contributed by atoms with Crippen LogP contribution in [0.1, 0.15) is 18.5 Å². The number of anilines is 1. The first-order chi connectivity index (χ1) is 12.4. The van der Waals surface area contributed by atoms with Crippen molar-refractivity contribution in [3.05, 3.63) is 52.0 Å². The lowest BCUT2D eigenvalue weighted by molar-refractivity contribution is -0.117. The molecular formula is C19H20Cl2N2O3. The van der Waals surface area contributed by atoms with E-state index >= 15 is 0 Å². The Morgan fingerprint density at radius 1 is 1.15 bits per heavy atom. The van der Waals surface area contributed by atoms with Crippen molar-refractivity contribution in [1.29, 1.82) is 0 Å². The molecule has 0 aromatic heterocycles. The third kappa shape index (κ3) is 4.41. The smallest absolute Gasteiger partial charge is 0.238 e. The fraction of sp³-hybridized carbons (Fsp3) is 0.316. The second-order valence-electron chi connectivity index (χ2n) is 6.17. The topological polar surface area (TPSA) is 50.8 Å². The van der Waals surface area contributed by atoms with Gasteiger partial charge >= 0.3 is 0 Å². The first-order valence-corrected chi connectivity index (χ1v) is 9.04. The number of rotatable bonds is 5.